The van der Waals surface area contributed by atoms with Crippen LogP contribution in [0, 0.1) is 12.8 Å². The molecular formula is C14H22ClN. The van der Waals surface area contributed by atoms with Gasteiger partial charge in [0.25, 0.3) is 0 Å². The Labute approximate surface area is 104 Å². The van der Waals surface area contributed by atoms with Crippen molar-refractivity contribution < 1.29 is 0 Å². The molecule has 0 spiro atoms. The van der Waals surface area contributed by atoms with Crippen LogP contribution in [0.5, 0.6) is 0 Å². The van der Waals surface area contributed by atoms with Crippen LogP contribution in [-0.2, 0) is 6.54 Å². The van der Waals surface area contributed by atoms with Gasteiger partial charge in [0.1, 0.15) is 0 Å². The molecule has 0 saturated heterocycles. The minimum absolute atomic E-state index is 0.418. The van der Waals surface area contributed by atoms with Gasteiger partial charge in [-0.05, 0) is 30.4 Å². The van der Waals surface area contributed by atoms with Gasteiger partial charge in [-0.1, -0.05) is 38.1 Å². The van der Waals surface area contributed by atoms with Gasteiger partial charge in [-0.3, -0.25) is 0 Å². The molecule has 90 valence electrons. The molecule has 0 saturated carbocycles. The third kappa shape index (κ3) is 4.54. The van der Waals surface area contributed by atoms with Crippen molar-refractivity contribution in [1.29, 1.82) is 0 Å². The molecule has 1 nitrogen and oxygen atoms in total. The van der Waals surface area contributed by atoms with Crippen molar-refractivity contribution in [2.24, 2.45) is 5.92 Å². The van der Waals surface area contributed by atoms with Gasteiger partial charge >= 0.3 is 0 Å². The highest BCUT2D eigenvalue weighted by molar-refractivity contribution is 6.18. The molecule has 1 unspecified atom stereocenters. The fraction of sp³-hybridized carbons (Fsp3) is 0.571. The number of hydrogen-bond donors (Lipinski definition) is 1. The molecule has 0 aliphatic rings. The van der Waals surface area contributed by atoms with Crippen LogP contribution in [0.2, 0.25) is 0 Å². The predicted molar refractivity (Wildman–Crippen MR) is 72.0 cm³/mol. The lowest BCUT2D eigenvalue weighted by Crippen LogP contribution is -2.31. The number of nitrogens with one attached hydrogen (secondary N) is 1. The van der Waals surface area contributed by atoms with E-state index in [0.717, 1.165) is 13.0 Å². The van der Waals surface area contributed by atoms with Gasteiger partial charge in [0.05, 0.1) is 0 Å². The Hall–Kier alpha value is -0.530. The summed E-state index contributed by atoms with van der Waals surface area (Å²) in [6.45, 7) is 7.52. The van der Waals surface area contributed by atoms with Crippen LogP contribution in [0.3, 0.4) is 0 Å². The van der Waals surface area contributed by atoms with Crippen LogP contribution in [-0.4, -0.2) is 11.9 Å². The SMILES string of the molecule is Cc1ccccc1CNC(CCl)CC(C)C. The summed E-state index contributed by atoms with van der Waals surface area (Å²) in [6.07, 6.45) is 1.13. The Morgan fingerprint density at radius 2 is 1.94 bits per heavy atom. The smallest absolute Gasteiger partial charge is 0.0377 e. The fourth-order valence-corrected chi connectivity index (χ4v) is 2.07. The normalized spacial score (nSPS) is 13.1. The summed E-state index contributed by atoms with van der Waals surface area (Å²) in [4.78, 5) is 0. The molecule has 0 fully saturated rings. The van der Waals surface area contributed by atoms with Crippen LogP contribution in [0.15, 0.2) is 24.3 Å². The highest BCUT2D eigenvalue weighted by atomic mass is 35.5. The first-order chi connectivity index (χ1) is 7.63. The third-order valence-electron chi connectivity index (χ3n) is 2.78. The second-order valence-corrected chi connectivity index (χ2v) is 5.10. The number of hydrogen-bond acceptors (Lipinski definition) is 1. The van der Waals surface area contributed by atoms with Gasteiger partial charge in [-0.15, -0.1) is 11.6 Å². The van der Waals surface area contributed by atoms with Crippen molar-refractivity contribution >= 4 is 11.6 Å². The zero-order valence-corrected chi connectivity index (χ0v) is 11.2. The highest BCUT2D eigenvalue weighted by Gasteiger charge is 2.09. The highest BCUT2D eigenvalue weighted by Crippen LogP contribution is 2.10. The first kappa shape index (κ1) is 13.5. The molecule has 0 radical (unpaired) electrons. The predicted octanol–water partition coefficient (Wildman–Crippen LogP) is 3.74. The number of halogens is 1. The van der Waals surface area contributed by atoms with E-state index in [-0.39, 0.29) is 0 Å². The number of alkyl halides is 1. The van der Waals surface area contributed by atoms with Crippen LogP contribution in [0.4, 0.5) is 0 Å². The van der Waals surface area contributed by atoms with E-state index in [1.165, 1.54) is 11.1 Å². The van der Waals surface area contributed by atoms with Crippen molar-refractivity contribution in [1.82, 2.24) is 5.32 Å². The molecule has 0 heterocycles. The largest absolute Gasteiger partial charge is 0.309 e. The van der Waals surface area contributed by atoms with Crippen LogP contribution < -0.4 is 5.32 Å². The molecule has 1 atom stereocenters. The van der Waals surface area contributed by atoms with Crippen molar-refractivity contribution in [2.45, 2.75) is 39.8 Å². The molecule has 1 aromatic rings. The van der Waals surface area contributed by atoms with E-state index in [1.807, 2.05) is 0 Å². The molecule has 16 heavy (non-hydrogen) atoms. The van der Waals surface area contributed by atoms with Crippen LogP contribution in [0.25, 0.3) is 0 Å². The number of benzene rings is 1. The van der Waals surface area contributed by atoms with E-state index >= 15 is 0 Å². The summed E-state index contributed by atoms with van der Waals surface area (Å²) in [6, 6.07) is 8.90. The topological polar surface area (TPSA) is 12.0 Å². The first-order valence-corrected chi connectivity index (χ1v) is 6.50. The van der Waals surface area contributed by atoms with Gasteiger partial charge in [0.2, 0.25) is 0 Å². The van der Waals surface area contributed by atoms with Gasteiger partial charge in [-0.25, -0.2) is 0 Å². The maximum absolute atomic E-state index is 5.96. The molecule has 0 bridgehead atoms. The Kier molecular flexibility index (Phi) is 5.86. The first-order valence-electron chi connectivity index (χ1n) is 5.97. The Balaban J connectivity index is 2.46. The Bertz CT molecular complexity index is 309. The van der Waals surface area contributed by atoms with E-state index in [2.05, 4.69) is 50.4 Å². The van der Waals surface area contributed by atoms with Gasteiger partial charge < -0.3 is 5.32 Å². The summed E-state index contributed by atoms with van der Waals surface area (Å²) in [5.74, 6) is 1.37. The zero-order chi connectivity index (χ0) is 12.0. The zero-order valence-electron chi connectivity index (χ0n) is 10.5. The lowest BCUT2D eigenvalue weighted by molar-refractivity contribution is 0.444. The average Bonchev–Trinajstić information content (AvgIpc) is 2.25. The number of rotatable bonds is 6. The lowest BCUT2D eigenvalue weighted by atomic mass is 10.0. The van der Waals surface area contributed by atoms with E-state index < -0.39 is 0 Å². The molecule has 1 aromatic carbocycles. The number of aryl methyl sites for hydroxylation is 1. The Morgan fingerprint density at radius 3 is 2.50 bits per heavy atom. The molecule has 0 aliphatic heterocycles. The minimum Gasteiger partial charge on any atom is -0.309 e. The molecular weight excluding hydrogens is 218 g/mol. The van der Waals surface area contributed by atoms with Gasteiger partial charge in [-0.2, -0.15) is 0 Å². The lowest BCUT2D eigenvalue weighted by Gasteiger charge is -2.18. The van der Waals surface area contributed by atoms with E-state index in [1.54, 1.807) is 0 Å². The molecule has 0 aliphatic carbocycles. The van der Waals surface area contributed by atoms with E-state index in [0.29, 0.717) is 17.8 Å². The average molecular weight is 240 g/mol. The molecule has 1 N–H and O–H groups in total. The van der Waals surface area contributed by atoms with E-state index in [4.69, 9.17) is 11.6 Å². The van der Waals surface area contributed by atoms with Gasteiger partial charge in [0.15, 0.2) is 0 Å². The second-order valence-electron chi connectivity index (χ2n) is 4.79. The maximum Gasteiger partial charge on any atom is 0.0377 e. The molecule has 0 amide bonds. The summed E-state index contributed by atoms with van der Waals surface area (Å²) in [7, 11) is 0. The van der Waals surface area contributed by atoms with E-state index in [9.17, 15) is 0 Å². The standard InChI is InChI=1S/C14H22ClN/c1-11(2)8-14(9-15)16-10-13-7-5-4-6-12(13)3/h4-7,11,14,16H,8-10H2,1-3H3. The van der Waals surface area contributed by atoms with Crippen LogP contribution in [0.1, 0.15) is 31.4 Å². The van der Waals surface area contributed by atoms with Crippen molar-refractivity contribution in [3.8, 4) is 0 Å². The summed E-state index contributed by atoms with van der Waals surface area (Å²) < 4.78 is 0. The summed E-state index contributed by atoms with van der Waals surface area (Å²) >= 11 is 5.96. The quantitative estimate of drug-likeness (QED) is 0.746. The maximum atomic E-state index is 5.96. The summed E-state index contributed by atoms with van der Waals surface area (Å²) in [5.41, 5.74) is 2.70. The van der Waals surface area contributed by atoms with Gasteiger partial charge in [0, 0.05) is 18.5 Å². The van der Waals surface area contributed by atoms with Crippen molar-refractivity contribution in [3.63, 3.8) is 0 Å². The summed E-state index contributed by atoms with van der Waals surface area (Å²) in [5, 5.41) is 3.53. The fourth-order valence-electron chi connectivity index (χ4n) is 1.83. The van der Waals surface area contributed by atoms with Crippen molar-refractivity contribution in [3.05, 3.63) is 35.4 Å². The molecule has 1 rings (SSSR count). The van der Waals surface area contributed by atoms with Crippen molar-refractivity contribution in [2.75, 3.05) is 5.88 Å². The minimum atomic E-state index is 0.418. The molecule has 2 heteroatoms. The second kappa shape index (κ2) is 6.93. The molecule has 0 aromatic heterocycles. The van der Waals surface area contributed by atoms with Crippen LogP contribution >= 0.6 is 11.6 Å². The monoisotopic (exact) mass is 239 g/mol. The third-order valence-corrected chi connectivity index (χ3v) is 3.16. The Morgan fingerprint density at radius 1 is 1.25 bits per heavy atom.